The molecule has 66 valence electrons. The summed E-state index contributed by atoms with van der Waals surface area (Å²) < 4.78 is 6.41. The van der Waals surface area contributed by atoms with Crippen LogP contribution in [0.15, 0.2) is 41.1 Å². The molecule has 1 N–H and O–H groups in total. The maximum absolute atomic E-state index is 5.39. The second-order valence-electron chi connectivity index (χ2n) is 2.45. The van der Waals surface area contributed by atoms with Crippen LogP contribution in [0.1, 0.15) is 0 Å². The van der Waals surface area contributed by atoms with Crippen LogP contribution in [0.3, 0.4) is 0 Å². The van der Waals surface area contributed by atoms with Gasteiger partial charge in [-0.1, -0.05) is 15.9 Å². The highest BCUT2D eigenvalue weighted by atomic mass is 79.9. The normalized spacial score (nSPS) is 9.92. The average molecular weight is 239 g/mol. The molecule has 2 aromatic rings. The predicted molar refractivity (Wildman–Crippen MR) is 52.8 cm³/mol. The minimum Gasteiger partial charge on any atom is -0.426 e. The van der Waals surface area contributed by atoms with E-state index in [4.69, 9.17) is 4.74 Å². The van der Waals surface area contributed by atoms with Gasteiger partial charge in [0.25, 0.3) is 6.01 Å². The summed E-state index contributed by atoms with van der Waals surface area (Å²) in [5.41, 5.74) is 0. The maximum Gasteiger partial charge on any atom is 0.299 e. The number of hydrogen-bond donors (Lipinski definition) is 1. The van der Waals surface area contributed by atoms with E-state index < -0.39 is 0 Å². The molecule has 0 aliphatic heterocycles. The zero-order valence-electron chi connectivity index (χ0n) is 6.70. The zero-order chi connectivity index (χ0) is 9.10. The van der Waals surface area contributed by atoms with Crippen molar-refractivity contribution in [2.45, 2.75) is 0 Å². The Kier molecular flexibility index (Phi) is 2.31. The predicted octanol–water partition coefficient (Wildman–Crippen LogP) is 2.96. The van der Waals surface area contributed by atoms with Crippen LogP contribution < -0.4 is 4.74 Å². The fourth-order valence-corrected chi connectivity index (χ4v) is 1.19. The lowest BCUT2D eigenvalue weighted by Crippen LogP contribution is -1.84. The van der Waals surface area contributed by atoms with Crippen LogP contribution >= 0.6 is 15.9 Å². The van der Waals surface area contributed by atoms with Crippen LogP contribution in [-0.4, -0.2) is 9.97 Å². The summed E-state index contributed by atoms with van der Waals surface area (Å²) in [6, 6.07) is 8.07. The Morgan fingerprint density at radius 2 is 2.00 bits per heavy atom. The van der Waals surface area contributed by atoms with E-state index >= 15 is 0 Å². The van der Waals surface area contributed by atoms with Crippen LogP contribution in [0.5, 0.6) is 11.8 Å². The first-order chi connectivity index (χ1) is 6.34. The van der Waals surface area contributed by atoms with E-state index in [0.29, 0.717) is 6.01 Å². The fraction of sp³-hybridized carbons (Fsp3) is 0. The molecule has 0 unspecified atom stereocenters. The summed E-state index contributed by atoms with van der Waals surface area (Å²) in [5.74, 6) is 0.762. The molecule has 3 nitrogen and oxygen atoms in total. The maximum atomic E-state index is 5.39. The van der Waals surface area contributed by atoms with Crippen molar-refractivity contribution in [1.82, 2.24) is 9.97 Å². The Bertz CT molecular complexity index is 369. The third-order valence-electron chi connectivity index (χ3n) is 1.50. The topological polar surface area (TPSA) is 37.9 Å². The quantitative estimate of drug-likeness (QED) is 0.874. The highest BCUT2D eigenvalue weighted by Gasteiger charge is 1.97. The first-order valence-corrected chi connectivity index (χ1v) is 4.57. The molecule has 1 aromatic carbocycles. The summed E-state index contributed by atoms with van der Waals surface area (Å²) in [7, 11) is 0. The third kappa shape index (κ3) is 2.09. The van der Waals surface area contributed by atoms with Crippen molar-refractivity contribution < 1.29 is 4.74 Å². The van der Waals surface area contributed by atoms with Crippen molar-refractivity contribution in [3.05, 3.63) is 41.1 Å². The lowest BCUT2D eigenvalue weighted by atomic mass is 10.3. The van der Waals surface area contributed by atoms with Gasteiger partial charge in [-0.2, -0.15) is 0 Å². The number of hydrogen-bond acceptors (Lipinski definition) is 2. The molecule has 4 heteroatoms. The molecule has 0 fully saturated rings. The third-order valence-corrected chi connectivity index (χ3v) is 2.03. The molecule has 0 saturated heterocycles. The minimum absolute atomic E-state index is 0.502. The van der Waals surface area contributed by atoms with Crippen molar-refractivity contribution in [2.24, 2.45) is 0 Å². The van der Waals surface area contributed by atoms with Crippen molar-refractivity contribution in [2.75, 3.05) is 0 Å². The van der Waals surface area contributed by atoms with Gasteiger partial charge >= 0.3 is 0 Å². The number of aromatic amines is 1. The van der Waals surface area contributed by atoms with E-state index in [0.717, 1.165) is 10.2 Å². The van der Waals surface area contributed by atoms with Gasteiger partial charge in [0, 0.05) is 16.9 Å². The summed E-state index contributed by atoms with van der Waals surface area (Å²) >= 11 is 3.34. The van der Waals surface area contributed by atoms with E-state index in [2.05, 4.69) is 25.9 Å². The smallest absolute Gasteiger partial charge is 0.299 e. The first kappa shape index (κ1) is 8.31. The molecular weight excluding hydrogens is 232 g/mol. The van der Waals surface area contributed by atoms with Crippen LogP contribution in [0.2, 0.25) is 0 Å². The highest BCUT2D eigenvalue weighted by molar-refractivity contribution is 9.10. The average Bonchev–Trinajstić information content (AvgIpc) is 2.62. The van der Waals surface area contributed by atoms with E-state index in [-0.39, 0.29) is 0 Å². The van der Waals surface area contributed by atoms with Gasteiger partial charge in [0.15, 0.2) is 0 Å². The molecule has 0 spiro atoms. The number of aromatic nitrogens is 2. The van der Waals surface area contributed by atoms with Gasteiger partial charge in [-0.3, -0.25) is 0 Å². The molecule has 0 bridgehead atoms. The molecule has 0 amide bonds. The van der Waals surface area contributed by atoms with E-state index in [9.17, 15) is 0 Å². The van der Waals surface area contributed by atoms with Gasteiger partial charge in [0.05, 0.1) is 0 Å². The number of nitrogens with zero attached hydrogens (tertiary/aromatic N) is 1. The standard InChI is InChI=1S/C9H7BrN2O/c10-7-1-3-8(4-2-7)13-9-11-5-6-12-9/h1-6H,(H,11,12). The van der Waals surface area contributed by atoms with Crippen molar-refractivity contribution in [1.29, 1.82) is 0 Å². The van der Waals surface area contributed by atoms with Gasteiger partial charge < -0.3 is 9.72 Å². The number of ether oxygens (including phenoxy) is 1. The Hall–Kier alpha value is -1.29. The second-order valence-corrected chi connectivity index (χ2v) is 3.37. The lowest BCUT2D eigenvalue weighted by Gasteiger charge is -2.00. The Balaban J connectivity index is 2.15. The molecule has 1 heterocycles. The Morgan fingerprint density at radius 3 is 2.62 bits per heavy atom. The molecule has 0 aliphatic rings. The van der Waals surface area contributed by atoms with E-state index in [1.807, 2.05) is 24.3 Å². The second kappa shape index (κ2) is 3.62. The number of nitrogens with one attached hydrogen (secondary N) is 1. The van der Waals surface area contributed by atoms with Gasteiger partial charge in [-0.15, -0.1) is 0 Å². The van der Waals surface area contributed by atoms with Crippen LogP contribution in [0.25, 0.3) is 0 Å². The van der Waals surface area contributed by atoms with Gasteiger partial charge in [0.2, 0.25) is 0 Å². The molecule has 0 radical (unpaired) electrons. The van der Waals surface area contributed by atoms with Crippen LogP contribution in [0, 0.1) is 0 Å². The van der Waals surface area contributed by atoms with Crippen molar-refractivity contribution >= 4 is 15.9 Å². The number of H-pyrrole nitrogens is 1. The van der Waals surface area contributed by atoms with Gasteiger partial charge in [0.1, 0.15) is 5.75 Å². The lowest BCUT2D eigenvalue weighted by molar-refractivity contribution is 0.447. The summed E-state index contributed by atoms with van der Waals surface area (Å²) in [6.07, 6.45) is 3.36. The van der Waals surface area contributed by atoms with Gasteiger partial charge in [-0.05, 0) is 24.3 Å². The molecule has 0 aliphatic carbocycles. The van der Waals surface area contributed by atoms with Crippen molar-refractivity contribution in [3.63, 3.8) is 0 Å². The minimum atomic E-state index is 0.502. The Morgan fingerprint density at radius 1 is 1.23 bits per heavy atom. The summed E-state index contributed by atoms with van der Waals surface area (Å²) in [4.78, 5) is 6.80. The van der Waals surface area contributed by atoms with Crippen LogP contribution in [0.4, 0.5) is 0 Å². The zero-order valence-corrected chi connectivity index (χ0v) is 8.28. The summed E-state index contributed by atoms with van der Waals surface area (Å²) in [6.45, 7) is 0. The van der Waals surface area contributed by atoms with E-state index in [1.165, 1.54) is 0 Å². The Labute approximate surface area is 83.9 Å². The number of benzene rings is 1. The molecule has 1 aromatic heterocycles. The van der Waals surface area contributed by atoms with Crippen LogP contribution in [-0.2, 0) is 0 Å². The van der Waals surface area contributed by atoms with E-state index in [1.54, 1.807) is 12.4 Å². The number of halogens is 1. The van der Waals surface area contributed by atoms with Crippen molar-refractivity contribution in [3.8, 4) is 11.8 Å². The molecule has 13 heavy (non-hydrogen) atoms. The largest absolute Gasteiger partial charge is 0.426 e. The first-order valence-electron chi connectivity index (χ1n) is 3.77. The fourth-order valence-electron chi connectivity index (χ4n) is 0.921. The molecule has 2 rings (SSSR count). The summed E-state index contributed by atoms with van der Waals surface area (Å²) in [5, 5.41) is 0. The molecular formula is C9H7BrN2O. The monoisotopic (exact) mass is 238 g/mol. The number of imidazole rings is 1. The van der Waals surface area contributed by atoms with Gasteiger partial charge in [-0.25, -0.2) is 4.98 Å². The molecule has 0 atom stereocenters. The number of rotatable bonds is 2. The highest BCUT2D eigenvalue weighted by Crippen LogP contribution is 2.19. The molecule has 0 saturated carbocycles. The SMILES string of the molecule is Brc1ccc(Oc2ncc[nH]2)cc1.